The molecule has 0 saturated heterocycles. The SMILES string of the molecule is Cc1cccc(OCC(=O)Nc2ccc(N)cn2)c1C. The molecule has 0 bridgehead atoms. The van der Waals surface area contributed by atoms with E-state index < -0.39 is 0 Å². The van der Waals surface area contributed by atoms with E-state index in [9.17, 15) is 4.79 Å². The summed E-state index contributed by atoms with van der Waals surface area (Å²) >= 11 is 0. The minimum absolute atomic E-state index is 0.0592. The highest BCUT2D eigenvalue weighted by atomic mass is 16.5. The van der Waals surface area contributed by atoms with Crippen LogP contribution < -0.4 is 15.8 Å². The Morgan fingerprint density at radius 2 is 2.10 bits per heavy atom. The van der Waals surface area contributed by atoms with E-state index >= 15 is 0 Å². The average molecular weight is 271 g/mol. The van der Waals surface area contributed by atoms with E-state index in [-0.39, 0.29) is 12.5 Å². The second-order valence-electron chi connectivity index (χ2n) is 4.51. The van der Waals surface area contributed by atoms with Gasteiger partial charge in [0.1, 0.15) is 11.6 Å². The third kappa shape index (κ3) is 3.47. The Bertz CT molecular complexity index is 609. The number of aromatic nitrogens is 1. The molecule has 0 unspecified atom stereocenters. The molecule has 0 aliphatic heterocycles. The summed E-state index contributed by atoms with van der Waals surface area (Å²) in [5.74, 6) is 0.905. The lowest BCUT2D eigenvalue weighted by atomic mass is 10.1. The fourth-order valence-corrected chi connectivity index (χ4v) is 1.68. The summed E-state index contributed by atoms with van der Waals surface area (Å²) in [6.07, 6.45) is 1.49. The molecular weight excluding hydrogens is 254 g/mol. The molecule has 2 aromatic rings. The van der Waals surface area contributed by atoms with Crippen LogP contribution in [0.2, 0.25) is 0 Å². The predicted molar refractivity (Wildman–Crippen MR) is 78.7 cm³/mol. The Morgan fingerprint density at radius 3 is 2.80 bits per heavy atom. The first-order valence-corrected chi connectivity index (χ1v) is 6.26. The van der Waals surface area contributed by atoms with Gasteiger partial charge >= 0.3 is 0 Å². The Labute approximate surface area is 117 Å². The summed E-state index contributed by atoms with van der Waals surface area (Å²) in [6.45, 7) is 3.90. The number of rotatable bonds is 4. The van der Waals surface area contributed by atoms with Gasteiger partial charge in [-0.3, -0.25) is 4.79 Å². The minimum atomic E-state index is -0.261. The molecule has 1 heterocycles. The molecule has 5 nitrogen and oxygen atoms in total. The quantitative estimate of drug-likeness (QED) is 0.894. The molecule has 1 amide bonds. The van der Waals surface area contributed by atoms with Gasteiger partial charge < -0.3 is 15.8 Å². The van der Waals surface area contributed by atoms with Crippen LogP contribution in [0.1, 0.15) is 11.1 Å². The van der Waals surface area contributed by atoms with E-state index in [1.165, 1.54) is 6.20 Å². The van der Waals surface area contributed by atoms with Crippen molar-refractivity contribution in [3.63, 3.8) is 0 Å². The monoisotopic (exact) mass is 271 g/mol. The molecule has 5 heteroatoms. The molecule has 20 heavy (non-hydrogen) atoms. The van der Waals surface area contributed by atoms with Crippen molar-refractivity contribution in [3.8, 4) is 5.75 Å². The fourth-order valence-electron chi connectivity index (χ4n) is 1.68. The second-order valence-corrected chi connectivity index (χ2v) is 4.51. The zero-order valence-corrected chi connectivity index (χ0v) is 11.5. The molecule has 0 fully saturated rings. The van der Waals surface area contributed by atoms with Crippen LogP contribution in [0.3, 0.4) is 0 Å². The standard InChI is InChI=1S/C15H17N3O2/c1-10-4-3-5-13(11(10)2)20-9-15(19)18-14-7-6-12(16)8-17-14/h3-8H,9,16H2,1-2H3,(H,17,18,19). The van der Waals surface area contributed by atoms with Gasteiger partial charge in [0.25, 0.3) is 5.91 Å². The van der Waals surface area contributed by atoms with Crippen molar-refractivity contribution in [2.75, 3.05) is 17.7 Å². The number of benzene rings is 1. The molecule has 0 aliphatic rings. The predicted octanol–water partition coefficient (Wildman–Crippen LogP) is 2.30. The van der Waals surface area contributed by atoms with E-state index in [2.05, 4.69) is 10.3 Å². The largest absolute Gasteiger partial charge is 0.483 e. The number of hydrogen-bond donors (Lipinski definition) is 2. The molecule has 104 valence electrons. The number of pyridine rings is 1. The van der Waals surface area contributed by atoms with Gasteiger partial charge in [-0.15, -0.1) is 0 Å². The average Bonchev–Trinajstić information content (AvgIpc) is 2.43. The highest BCUT2D eigenvalue weighted by Gasteiger charge is 2.07. The maximum atomic E-state index is 11.8. The molecule has 0 spiro atoms. The van der Waals surface area contributed by atoms with Crippen molar-refractivity contribution in [3.05, 3.63) is 47.7 Å². The Balaban J connectivity index is 1.92. The molecular formula is C15H17N3O2. The molecule has 3 N–H and O–H groups in total. The Morgan fingerprint density at radius 1 is 1.30 bits per heavy atom. The molecule has 1 aromatic heterocycles. The van der Waals surface area contributed by atoms with Crippen molar-refractivity contribution in [2.45, 2.75) is 13.8 Å². The normalized spacial score (nSPS) is 10.1. The number of ether oxygens (including phenoxy) is 1. The highest BCUT2D eigenvalue weighted by molar-refractivity contribution is 5.91. The van der Waals surface area contributed by atoms with Gasteiger partial charge in [0.05, 0.1) is 11.9 Å². The first kappa shape index (κ1) is 13.9. The highest BCUT2D eigenvalue weighted by Crippen LogP contribution is 2.20. The number of amides is 1. The smallest absolute Gasteiger partial charge is 0.263 e. The number of carbonyl (C=O) groups excluding carboxylic acids is 1. The fraction of sp³-hybridized carbons (Fsp3) is 0.200. The van der Waals surface area contributed by atoms with Crippen LogP contribution >= 0.6 is 0 Å². The molecule has 0 saturated carbocycles. The first-order chi connectivity index (χ1) is 9.56. The summed E-state index contributed by atoms with van der Waals surface area (Å²) in [5.41, 5.74) is 8.23. The Kier molecular flexibility index (Phi) is 4.20. The first-order valence-electron chi connectivity index (χ1n) is 6.26. The number of nitrogen functional groups attached to an aromatic ring is 1. The van der Waals surface area contributed by atoms with Crippen molar-refractivity contribution in [2.24, 2.45) is 0 Å². The van der Waals surface area contributed by atoms with Crippen LogP contribution in [-0.2, 0) is 4.79 Å². The van der Waals surface area contributed by atoms with Gasteiger partial charge in [-0.05, 0) is 43.2 Å². The van der Waals surface area contributed by atoms with Crippen LogP contribution in [-0.4, -0.2) is 17.5 Å². The van der Waals surface area contributed by atoms with Crippen molar-refractivity contribution in [1.29, 1.82) is 0 Å². The number of carbonyl (C=O) groups is 1. The van der Waals surface area contributed by atoms with E-state index in [0.29, 0.717) is 17.3 Å². The molecule has 0 radical (unpaired) electrons. The maximum absolute atomic E-state index is 11.8. The topological polar surface area (TPSA) is 77.2 Å². The lowest BCUT2D eigenvalue weighted by Gasteiger charge is -2.10. The third-order valence-electron chi connectivity index (χ3n) is 2.97. The molecule has 1 aromatic carbocycles. The van der Waals surface area contributed by atoms with Crippen molar-refractivity contribution >= 4 is 17.4 Å². The summed E-state index contributed by atoms with van der Waals surface area (Å²) in [7, 11) is 0. The second kappa shape index (κ2) is 6.06. The zero-order chi connectivity index (χ0) is 14.5. The lowest BCUT2D eigenvalue weighted by molar-refractivity contribution is -0.118. The maximum Gasteiger partial charge on any atom is 0.263 e. The number of nitrogens with one attached hydrogen (secondary N) is 1. The number of nitrogens with zero attached hydrogens (tertiary/aromatic N) is 1. The minimum Gasteiger partial charge on any atom is -0.483 e. The number of aryl methyl sites for hydroxylation is 1. The van der Waals surface area contributed by atoms with Crippen LogP contribution in [0.25, 0.3) is 0 Å². The van der Waals surface area contributed by atoms with Gasteiger partial charge in [0.2, 0.25) is 0 Å². The molecule has 0 aliphatic carbocycles. The van der Waals surface area contributed by atoms with E-state index in [1.807, 2.05) is 32.0 Å². The van der Waals surface area contributed by atoms with Gasteiger partial charge in [-0.2, -0.15) is 0 Å². The zero-order valence-electron chi connectivity index (χ0n) is 11.5. The third-order valence-corrected chi connectivity index (χ3v) is 2.97. The molecule has 2 rings (SSSR count). The summed E-state index contributed by atoms with van der Waals surface area (Å²) in [5, 5.41) is 2.64. The molecule has 0 atom stereocenters. The van der Waals surface area contributed by atoms with Crippen LogP contribution in [0.4, 0.5) is 11.5 Å². The van der Waals surface area contributed by atoms with Crippen molar-refractivity contribution < 1.29 is 9.53 Å². The van der Waals surface area contributed by atoms with Crippen LogP contribution in [0, 0.1) is 13.8 Å². The van der Waals surface area contributed by atoms with E-state index in [1.54, 1.807) is 12.1 Å². The lowest BCUT2D eigenvalue weighted by Crippen LogP contribution is -2.21. The summed E-state index contributed by atoms with van der Waals surface area (Å²) < 4.78 is 5.51. The van der Waals surface area contributed by atoms with Gasteiger partial charge in [0, 0.05) is 0 Å². The van der Waals surface area contributed by atoms with Crippen molar-refractivity contribution in [1.82, 2.24) is 4.98 Å². The number of nitrogens with two attached hydrogens (primary N) is 1. The van der Waals surface area contributed by atoms with Gasteiger partial charge in [-0.1, -0.05) is 12.1 Å². The summed E-state index contributed by atoms with van der Waals surface area (Å²) in [6, 6.07) is 9.06. The van der Waals surface area contributed by atoms with Gasteiger partial charge in [-0.25, -0.2) is 4.98 Å². The number of anilines is 2. The van der Waals surface area contributed by atoms with Crippen LogP contribution in [0.5, 0.6) is 5.75 Å². The van der Waals surface area contributed by atoms with Crippen LogP contribution in [0.15, 0.2) is 36.5 Å². The number of hydrogen-bond acceptors (Lipinski definition) is 4. The van der Waals surface area contributed by atoms with Gasteiger partial charge in [0.15, 0.2) is 6.61 Å². The Hall–Kier alpha value is -2.56. The van der Waals surface area contributed by atoms with E-state index in [4.69, 9.17) is 10.5 Å². The summed E-state index contributed by atoms with van der Waals surface area (Å²) in [4.78, 5) is 15.8. The van der Waals surface area contributed by atoms with E-state index in [0.717, 1.165) is 11.1 Å².